The molecule has 0 bridgehead atoms. The highest BCUT2D eigenvalue weighted by Gasteiger charge is 2.32. The molecule has 3 atom stereocenters. The van der Waals surface area contributed by atoms with E-state index in [1.54, 1.807) is 11.6 Å². The number of hydrogen-bond donors (Lipinski definition) is 1. The summed E-state index contributed by atoms with van der Waals surface area (Å²) in [4.78, 5) is 24.7. The normalized spacial score (nSPS) is 23.4. The molecule has 0 saturated carbocycles. The lowest BCUT2D eigenvalue weighted by atomic mass is 9.85. The molecule has 0 spiro atoms. The summed E-state index contributed by atoms with van der Waals surface area (Å²) in [5.74, 6) is 1.85. The van der Waals surface area contributed by atoms with Crippen molar-refractivity contribution in [1.82, 2.24) is 24.6 Å². The van der Waals surface area contributed by atoms with Gasteiger partial charge in [-0.15, -0.1) is 0 Å². The van der Waals surface area contributed by atoms with E-state index in [1.165, 1.54) is 0 Å². The van der Waals surface area contributed by atoms with Crippen LogP contribution in [-0.4, -0.2) is 93.8 Å². The first-order valence-electron chi connectivity index (χ1n) is 12.5. The number of fused-ring (bicyclic) bond motifs is 1. The van der Waals surface area contributed by atoms with Crippen LogP contribution in [0.5, 0.6) is 0 Å². The molecule has 0 aliphatic carbocycles. The number of carbonyl (C=O) groups is 1. The number of carbonyl (C=O) groups excluding carboxylic acids is 1. The quantitative estimate of drug-likeness (QED) is 0.556. The highest BCUT2D eigenvalue weighted by molar-refractivity contribution is 5.82. The lowest BCUT2D eigenvalue weighted by Crippen LogP contribution is -2.44. The minimum Gasteiger partial charge on any atom is -0.394 e. The predicted octanol–water partition coefficient (Wildman–Crippen LogP) is 2.35. The smallest absolute Gasteiger partial charge is 0.159 e. The summed E-state index contributed by atoms with van der Waals surface area (Å²) in [5, 5.41) is 15.1. The van der Waals surface area contributed by atoms with Crippen molar-refractivity contribution in [2.24, 2.45) is 0 Å². The minimum atomic E-state index is -1.04. The zero-order valence-corrected chi connectivity index (χ0v) is 21.0. The van der Waals surface area contributed by atoms with Gasteiger partial charge in [-0.25, -0.2) is 19.0 Å². The Hall–Kier alpha value is -2.95. The van der Waals surface area contributed by atoms with Crippen LogP contribution in [0.3, 0.4) is 0 Å². The van der Waals surface area contributed by atoms with Crippen LogP contribution in [0.2, 0.25) is 0 Å². The van der Waals surface area contributed by atoms with Crippen molar-refractivity contribution < 1.29 is 19.0 Å². The van der Waals surface area contributed by atoms with E-state index in [-0.39, 0.29) is 31.0 Å². The Kier molecular flexibility index (Phi) is 7.00. The molecule has 2 fully saturated rings. The van der Waals surface area contributed by atoms with E-state index < -0.39 is 6.17 Å². The Morgan fingerprint density at radius 1 is 1.17 bits per heavy atom. The molecule has 192 valence electrons. The van der Waals surface area contributed by atoms with Gasteiger partial charge in [-0.1, -0.05) is 0 Å². The van der Waals surface area contributed by atoms with Crippen molar-refractivity contribution >= 4 is 22.5 Å². The van der Waals surface area contributed by atoms with Crippen LogP contribution in [0, 0.1) is 13.8 Å². The Morgan fingerprint density at radius 2 is 1.97 bits per heavy atom. The van der Waals surface area contributed by atoms with Gasteiger partial charge in [-0.3, -0.25) is 9.69 Å². The summed E-state index contributed by atoms with van der Waals surface area (Å²) in [6.07, 6.45) is 1.18. The van der Waals surface area contributed by atoms with E-state index >= 15 is 4.39 Å². The van der Waals surface area contributed by atoms with Gasteiger partial charge in [-0.2, -0.15) is 5.10 Å². The number of benzene rings is 1. The van der Waals surface area contributed by atoms with Crippen molar-refractivity contribution in [3.63, 3.8) is 0 Å². The topological polar surface area (TPSA) is 96.6 Å². The van der Waals surface area contributed by atoms with Gasteiger partial charge in [0.2, 0.25) is 0 Å². The number of ketones is 1. The molecule has 2 aliphatic heterocycles. The first-order chi connectivity index (χ1) is 17.3. The molecular formula is C26H33FN6O3. The summed E-state index contributed by atoms with van der Waals surface area (Å²) < 4.78 is 22.7. The molecule has 9 nitrogen and oxygen atoms in total. The Morgan fingerprint density at radius 3 is 2.72 bits per heavy atom. The van der Waals surface area contributed by atoms with Crippen molar-refractivity contribution in [1.29, 1.82) is 0 Å². The van der Waals surface area contributed by atoms with Gasteiger partial charge in [0.25, 0.3) is 0 Å². The van der Waals surface area contributed by atoms with Crippen LogP contribution in [0.1, 0.15) is 36.2 Å². The summed E-state index contributed by atoms with van der Waals surface area (Å²) in [5.41, 5.74) is 2.88. The second-order valence-electron chi connectivity index (χ2n) is 9.93. The van der Waals surface area contributed by atoms with Crippen molar-refractivity contribution in [3.05, 3.63) is 41.3 Å². The van der Waals surface area contributed by atoms with Crippen LogP contribution in [0.25, 0.3) is 16.7 Å². The van der Waals surface area contributed by atoms with Crippen molar-refractivity contribution in [2.45, 2.75) is 45.4 Å². The molecule has 4 heterocycles. The fraction of sp³-hybridized carbons (Fsp3) is 0.538. The van der Waals surface area contributed by atoms with Crippen LogP contribution in [0.15, 0.2) is 24.4 Å². The van der Waals surface area contributed by atoms with Gasteiger partial charge in [0.1, 0.15) is 23.6 Å². The number of anilines is 1. The Labute approximate surface area is 209 Å². The van der Waals surface area contributed by atoms with Crippen LogP contribution in [-0.2, 0) is 9.53 Å². The molecule has 2 aromatic heterocycles. The number of Topliss-reactive ketones (excluding diaryl/α,β-unsaturated/α-hetero) is 1. The molecule has 1 aromatic carbocycles. The maximum absolute atomic E-state index is 15.3. The maximum Gasteiger partial charge on any atom is 0.159 e. The molecule has 2 aliphatic rings. The van der Waals surface area contributed by atoms with Crippen LogP contribution < -0.4 is 4.90 Å². The number of aryl methyl sites for hydroxylation is 2. The fourth-order valence-corrected chi connectivity index (χ4v) is 5.41. The SMILES string of the molecule is CC(=O)CN1CCC(c2cc3c(cnn3-c3cc(N4CCO[C@@H](CO)C4)nc(C)n3)cc2C)C(F)C1. The summed E-state index contributed by atoms with van der Waals surface area (Å²) in [6, 6.07) is 6.01. The van der Waals surface area contributed by atoms with E-state index in [2.05, 4.69) is 26.0 Å². The molecule has 2 saturated heterocycles. The van der Waals surface area contributed by atoms with Gasteiger partial charge in [0, 0.05) is 37.0 Å². The number of alkyl halides is 1. The third-order valence-corrected chi connectivity index (χ3v) is 7.12. The van der Waals surface area contributed by atoms with E-state index in [9.17, 15) is 9.90 Å². The third kappa shape index (κ3) is 4.98. The number of nitrogens with zero attached hydrogens (tertiary/aromatic N) is 6. The van der Waals surface area contributed by atoms with Crippen LogP contribution in [0.4, 0.5) is 10.2 Å². The van der Waals surface area contributed by atoms with E-state index in [0.29, 0.717) is 50.8 Å². The third-order valence-electron chi connectivity index (χ3n) is 7.12. The molecular weight excluding hydrogens is 463 g/mol. The van der Waals surface area contributed by atoms with E-state index in [0.717, 1.165) is 27.8 Å². The summed E-state index contributed by atoms with van der Waals surface area (Å²) in [6.45, 7) is 8.39. The number of morpholine rings is 1. The first-order valence-corrected chi connectivity index (χ1v) is 12.5. The number of ether oxygens (including phenoxy) is 1. The Bertz CT molecular complexity index is 1260. The number of aromatic nitrogens is 4. The number of hydrogen-bond acceptors (Lipinski definition) is 8. The monoisotopic (exact) mass is 496 g/mol. The molecule has 5 rings (SSSR count). The Balaban J connectivity index is 1.47. The van der Waals surface area contributed by atoms with Gasteiger partial charge in [-0.05, 0) is 57.0 Å². The van der Waals surface area contributed by atoms with E-state index in [4.69, 9.17) is 4.74 Å². The molecule has 1 N–H and O–H groups in total. The van der Waals surface area contributed by atoms with Crippen LogP contribution >= 0.6 is 0 Å². The van der Waals surface area contributed by atoms with Crippen molar-refractivity contribution in [2.75, 3.05) is 50.8 Å². The number of aliphatic hydroxyl groups is 1. The predicted molar refractivity (Wildman–Crippen MR) is 135 cm³/mol. The molecule has 3 aromatic rings. The van der Waals surface area contributed by atoms with Gasteiger partial charge >= 0.3 is 0 Å². The van der Waals surface area contributed by atoms with Crippen molar-refractivity contribution in [3.8, 4) is 5.82 Å². The average Bonchev–Trinajstić information content (AvgIpc) is 3.26. The standard InChI is InChI=1S/C26H33FN6O3/c1-16-8-19-11-28-33(24(19)9-22(16)21-4-5-31(12-17(2)35)14-23(21)27)26-10-25(29-18(3)30-26)32-6-7-36-20(13-32)15-34/h8-11,20-21,23,34H,4-7,12-15H2,1-3H3/t20-,21?,23?/m1/s1. The zero-order chi connectivity index (χ0) is 25.4. The number of likely N-dealkylation sites (tertiary alicyclic amines) is 1. The molecule has 0 radical (unpaired) electrons. The highest BCUT2D eigenvalue weighted by Crippen LogP contribution is 2.35. The lowest BCUT2D eigenvalue weighted by Gasteiger charge is -2.35. The first kappa shape index (κ1) is 24.7. The molecule has 0 amide bonds. The number of halogens is 1. The number of aliphatic hydroxyl groups excluding tert-OH is 1. The van der Waals surface area contributed by atoms with Gasteiger partial charge < -0.3 is 14.7 Å². The second-order valence-corrected chi connectivity index (χ2v) is 9.93. The fourth-order valence-electron chi connectivity index (χ4n) is 5.41. The number of piperidine rings is 1. The molecule has 36 heavy (non-hydrogen) atoms. The van der Waals surface area contributed by atoms with E-state index in [1.807, 2.05) is 37.1 Å². The number of rotatable bonds is 6. The second kappa shape index (κ2) is 10.2. The average molecular weight is 497 g/mol. The van der Waals surface area contributed by atoms with Gasteiger partial charge in [0.15, 0.2) is 5.82 Å². The van der Waals surface area contributed by atoms with Gasteiger partial charge in [0.05, 0.1) is 37.6 Å². The maximum atomic E-state index is 15.3. The minimum absolute atomic E-state index is 0.0391. The summed E-state index contributed by atoms with van der Waals surface area (Å²) >= 11 is 0. The molecule has 2 unspecified atom stereocenters. The largest absolute Gasteiger partial charge is 0.394 e. The molecule has 10 heteroatoms. The lowest BCUT2D eigenvalue weighted by molar-refractivity contribution is -0.118. The zero-order valence-electron chi connectivity index (χ0n) is 21.0. The highest BCUT2D eigenvalue weighted by atomic mass is 19.1. The summed E-state index contributed by atoms with van der Waals surface area (Å²) in [7, 11) is 0.